The van der Waals surface area contributed by atoms with E-state index in [2.05, 4.69) is 25.3 Å². The highest BCUT2D eigenvalue weighted by Crippen LogP contribution is 2.31. The van der Waals surface area contributed by atoms with Crippen LogP contribution in [0.4, 0.5) is 10.3 Å². The molecular weight excluding hydrogens is 361 g/mol. The van der Waals surface area contributed by atoms with E-state index in [1.807, 2.05) is 13.0 Å². The minimum atomic E-state index is -1.01. The van der Waals surface area contributed by atoms with Crippen molar-refractivity contribution in [2.45, 2.75) is 13.5 Å². The van der Waals surface area contributed by atoms with E-state index in [-0.39, 0.29) is 11.4 Å². The van der Waals surface area contributed by atoms with Crippen LogP contribution in [0.3, 0.4) is 0 Å². The fraction of sp³-hybridized carbons (Fsp3) is 0.100. The molecule has 2 aromatic carbocycles. The molecule has 0 aliphatic rings. The Morgan fingerprint density at radius 1 is 1.21 bits per heavy atom. The molecule has 8 heteroatoms. The van der Waals surface area contributed by atoms with E-state index in [0.717, 1.165) is 16.6 Å². The Morgan fingerprint density at radius 3 is 2.82 bits per heavy atom. The number of benzene rings is 2. The van der Waals surface area contributed by atoms with E-state index >= 15 is 0 Å². The Kier molecular flexibility index (Phi) is 4.44. The number of nitrogens with one attached hydrogen (secondary N) is 2. The number of carboxylic acids is 1. The standard InChI is InChI=1S/C20H16FN5O2/c1-11-16(14-6-3-7-15(19(27)28)17(14)25-11)18-23-10-24-20(26-18)22-9-12-4-2-5-13(21)8-12/h2-8,10,25H,9H2,1H3,(H,27,28)(H,22,23,24,26). The van der Waals surface area contributed by atoms with E-state index in [1.54, 1.807) is 24.3 Å². The summed E-state index contributed by atoms with van der Waals surface area (Å²) in [7, 11) is 0. The number of nitrogens with zero attached hydrogens (tertiary/aromatic N) is 3. The Morgan fingerprint density at radius 2 is 2.04 bits per heavy atom. The first-order chi connectivity index (χ1) is 13.5. The molecule has 140 valence electrons. The van der Waals surface area contributed by atoms with Crippen molar-refractivity contribution in [2.75, 3.05) is 5.32 Å². The van der Waals surface area contributed by atoms with Gasteiger partial charge in [-0.15, -0.1) is 0 Å². The molecule has 0 saturated heterocycles. The Bertz CT molecular complexity index is 1190. The van der Waals surface area contributed by atoms with Gasteiger partial charge < -0.3 is 15.4 Å². The second kappa shape index (κ2) is 7.07. The lowest BCUT2D eigenvalue weighted by molar-refractivity contribution is 0.0699. The van der Waals surface area contributed by atoms with Gasteiger partial charge in [-0.05, 0) is 30.7 Å². The van der Waals surface area contributed by atoms with Gasteiger partial charge in [0, 0.05) is 23.2 Å². The van der Waals surface area contributed by atoms with Crippen LogP contribution in [0.15, 0.2) is 48.8 Å². The molecule has 2 heterocycles. The fourth-order valence-corrected chi connectivity index (χ4v) is 3.14. The Balaban J connectivity index is 1.69. The van der Waals surface area contributed by atoms with Crippen molar-refractivity contribution >= 4 is 22.8 Å². The number of anilines is 1. The number of halogens is 1. The molecule has 7 nitrogen and oxygen atoms in total. The molecule has 0 unspecified atom stereocenters. The summed E-state index contributed by atoms with van der Waals surface area (Å²) in [5, 5.41) is 13.2. The molecular formula is C20H16FN5O2. The van der Waals surface area contributed by atoms with Crippen molar-refractivity contribution in [3.63, 3.8) is 0 Å². The molecule has 4 rings (SSSR count). The minimum Gasteiger partial charge on any atom is -0.478 e. The zero-order valence-corrected chi connectivity index (χ0v) is 14.9. The summed E-state index contributed by atoms with van der Waals surface area (Å²) >= 11 is 0. The van der Waals surface area contributed by atoms with Crippen molar-refractivity contribution in [2.24, 2.45) is 0 Å². The maximum absolute atomic E-state index is 13.3. The molecule has 0 aliphatic carbocycles. The lowest BCUT2D eigenvalue weighted by atomic mass is 10.1. The number of fused-ring (bicyclic) bond motifs is 1. The Labute approximate surface area is 159 Å². The number of aromatic amines is 1. The van der Waals surface area contributed by atoms with Crippen LogP contribution in [-0.2, 0) is 6.54 Å². The number of hydrogen-bond donors (Lipinski definition) is 3. The summed E-state index contributed by atoms with van der Waals surface area (Å²) in [6.07, 6.45) is 1.38. The van der Waals surface area contributed by atoms with Crippen LogP contribution < -0.4 is 5.32 Å². The SMILES string of the molecule is Cc1[nH]c2c(C(=O)O)cccc2c1-c1ncnc(NCc2cccc(F)c2)n1. The molecule has 0 fully saturated rings. The van der Waals surface area contributed by atoms with Crippen LogP contribution in [0.25, 0.3) is 22.3 Å². The highest BCUT2D eigenvalue weighted by atomic mass is 19.1. The van der Waals surface area contributed by atoms with Gasteiger partial charge in [0.05, 0.1) is 11.1 Å². The number of rotatable bonds is 5. The van der Waals surface area contributed by atoms with E-state index in [1.165, 1.54) is 18.5 Å². The number of carboxylic acid groups (broad SMARTS) is 1. The maximum atomic E-state index is 13.3. The van der Waals surface area contributed by atoms with Crippen molar-refractivity contribution < 1.29 is 14.3 Å². The smallest absolute Gasteiger partial charge is 0.337 e. The van der Waals surface area contributed by atoms with Crippen molar-refractivity contribution in [1.82, 2.24) is 19.9 Å². The fourth-order valence-electron chi connectivity index (χ4n) is 3.14. The molecule has 0 spiro atoms. The molecule has 2 aromatic heterocycles. The average Bonchev–Trinajstić information content (AvgIpc) is 3.02. The normalized spacial score (nSPS) is 10.9. The molecule has 3 N–H and O–H groups in total. The van der Waals surface area contributed by atoms with Gasteiger partial charge in [-0.3, -0.25) is 0 Å². The molecule has 0 bridgehead atoms. The van der Waals surface area contributed by atoms with Crippen molar-refractivity contribution in [1.29, 1.82) is 0 Å². The predicted molar refractivity (Wildman–Crippen MR) is 103 cm³/mol. The van der Waals surface area contributed by atoms with E-state index < -0.39 is 5.97 Å². The zero-order chi connectivity index (χ0) is 19.7. The third kappa shape index (κ3) is 3.27. The second-order valence-corrected chi connectivity index (χ2v) is 6.27. The number of hydrogen-bond acceptors (Lipinski definition) is 5. The maximum Gasteiger partial charge on any atom is 0.337 e. The molecule has 0 radical (unpaired) electrons. The van der Waals surface area contributed by atoms with Crippen LogP contribution in [0.5, 0.6) is 0 Å². The third-order valence-electron chi connectivity index (χ3n) is 4.39. The van der Waals surface area contributed by atoms with E-state index in [9.17, 15) is 14.3 Å². The van der Waals surface area contributed by atoms with Crippen LogP contribution in [-0.4, -0.2) is 31.0 Å². The predicted octanol–water partition coefficient (Wildman–Crippen LogP) is 3.78. The minimum absolute atomic E-state index is 0.186. The van der Waals surface area contributed by atoms with E-state index in [4.69, 9.17) is 0 Å². The number of aromatic nitrogens is 4. The largest absolute Gasteiger partial charge is 0.478 e. The van der Waals surface area contributed by atoms with Gasteiger partial charge in [-0.1, -0.05) is 24.3 Å². The van der Waals surface area contributed by atoms with Gasteiger partial charge in [-0.2, -0.15) is 4.98 Å². The summed E-state index contributed by atoms with van der Waals surface area (Å²) in [6, 6.07) is 11.3. The molecule has 0 saturated carbocycles. The molecule has 4 aromatic rings. The van der Waals surface area contributed by atoms with Crippen LogP contribution in [0, 0.1) is 12.7 Å². The topological polar surface area (TPSA) is 104 Å². The summed E-state index contributed by atoms with van der Waals surface area (Å²) in [5.74, 6) is -0.550. The number of carbonyl (C=O) groups is 1. The van der Waals surface area contributed by atoms with Gasteiger partial charge in [0.1, 0.15) is 12.1 Å². The first-order valence-electron chi connectivity index (χ1n) is 8.55. The van der Waals surface area contributed by atoms with Gasteiger partial charge >= 0.3 is 5.97 Å². The van der Waals surface area contributed by atoms with Crippen LogP contribution in [0.2, 0.25) is 0 Å². The first-order valence-corrected chi connectivity index (χ1v) is 8.55. The van der Waals surface area contributed by atoms with Crippen molar-refractivity contribution in [3.05, 3.63) is 71.4 Å². The average molecular weight is 377 g/mol. The number of aromatic carboxylic acids is 1. The quantitative estimate of drug-likeness (QED) is 0.489. The number of para-hydroxylation sites is 1. The molecule has 0 amide bonds. The third-order valence-corrected chi connectivity index (χ3v) is 4.39. The van der Waals surface area contributed by atoms with Gasteiger partial charge in [-0.25, -0.2) is 19.2 Å². The lowest BCUT2D eigenvalue weighted by Gasteiger charge is -2.06. The summed E-state index contributed by atoms with van der Waals surface area (Å²) < 4.78 is 13.3. The van der Waals surface area contributed by atoms with Gasteiger partial charge in [0.2, 0.25) is 5.95 Å². The lowest BCUT2D eigenvalue weighted by Crippen LogP contribution is -2.05. The molecule has 0 atom stereocenters. The highest BCUT2D eigenvalue weighted by molar-refractivity contribution is 6.07. The number of H-pyrrole nitrogens is 1. The van der Waals surface area contributed by atoms with Crippen LogP contribution >= 0.6 is 0 Å². The first kappa shape index (κ1) is 17.6. The summed E-state index contributed by atoms with van der Waals surface area (Å²) in [5.41, 5.74) is 2.94. The number of aryl methyl sites for hydroxylation is 1. The van der Waals surface area contributed by atoms with E-state index in [0.29, 0.717) is 29.4 Å². The Hall–Kier alpha value is -3.81. The summed E-state index contributed by atoms with van der Waals surface area (Å²) in [4.78, 5) is 27.4. The van der Waals surface area contributed by atoms with Crippen LogP contribution in [0.1, 0.15) is 21.6 Å². The van der Waals surface area contributed by atoms with Gasteiger partial charge in [0.25, 0.3) is 0 Å². The summed E-state index contributed by atoms with van der Waals surface area (Å²) in [6.45, 7) is 2.20. The highest BCUT2D eigenvalue weighted by Gasteiger charge is 2.18. The zero-order valence-electron chi connectivity index (χ0n) is 14.9. The van der Waals surface area contributed by atoms with Gasteiger partial charge in [0.15, 0.2) is 5.82 Å². The molecule has 28 heavy (non-hydrogen) atoms. The molecule has 0 aliphatic heterocycles. The van der Waals surface area contributed by atoms with Crippen molar-refractivity contribution in [3.8, 4) is 11.4 Å². The second-order valence-electron chi connectivity index (χ2n) is 6.27. The monoisotopic (exact) mass is 377 g/mol.